The van der Waals surface area contributed by atoms with E-state index < -0.39 is 16.1 Å². The van der Waals surface area contributed by atoms with Crippen molar-refractivity contribution in [3.05, 3.63) is 60.2 Å². The second-order valence-corrected chi connectivity index (χ2v) is 10.7. The molecule has 190 valence electrons. The molecule has 1 heterocycles. The normalized spacial score (nSPS) is 17.2. The minimum Gasteiger partial charge on any atom is -0.497 e. The number of ether oxygens (including phenoxy) is 1. The van der Waals surface area contributed by atoms with Gasteiger partial charge >= 0.3 is 6.03 Å². The Hall–Kier alpha value is -3.11. The average Bonchev–Trinajstić information content (AvgIpc) is 2.83. The summed E-state index contributed by atoms with van der Waals surface area (Å²) in [5.41, 5.74) is 0.839. The van der Waals surface area contributed by atoms with Gasteiger partial charge in [0.2, 0.25) is 15.9 Å². The van der Waals surface area contributed by atoms with Crippen molar-refractivity contribution in [1.29, 1.82) is 0 Å². The van der Waals surface area contributed by atoms with Crippen LogP contribution in [-0.2, 0) is 21.2 Å². The van der Waals surface area contributed by atoms with Gasteiger partial charge in [-0.05, 0) is 57.0 Å². The first-order valence-corrected chi connectivity index (χ1v) is 13.1. The van der Waals surface area contributed by atoms with Gasteiger partial charge in [0.25, 0.3) is 0 Å². The lowest BCUT2D eigenvalue weighted by atomic mass is 10.0. The highest BCUT2D eigenvalue weighted by atomic mass is 32.2. The first kappa shape index (κ1) is 26.5. The van der Waals surface area contributed by atoms with Crippen LogP contribution < -0.4 is 14.8 Å². The van der Waals surface area contributed by atoms with E-state index in [1.54, 1.807) is 21.9 Å². The summed E-state index contributed by atoms with van der Waals surface area (Å²) in [4.78, 5) is 29.4. The van der Waals surface area contributed by atoms with Crippen LogP contribution in [0.2, 0.25) is 0 Å². The number of hydrogen-bond donors (Lipinski definition) is 2. The van der Waals surface area contributed by atoms with Gasteiger partial charge in [0.15, 0.2) is 0 Å². The summed E-state index contributed by atoms with van der Waals surface area (Å²) >= 11 is 0. The maximum Gasteiger partial charge on any atom is 0.317 e. The van der Waals surface area contributed by atoms with E-state index in [1.165, 1.54) is 19.2 Å². The van der Waals surface area contributed by atoms with Gasteiger partial charge in [0.1, 0.15) is 11.8 Å². The summed E-state index contributed by atoms with van der Waals surface area (Å²) in [6.07, 6.45) is 0.206. The Morgan fingerprint density at radius 3 is 2.29 bits per heavy atom. The Labute approximate surface area is 207 Å². The van der Waals surface area contributed by atoms with Gasteiger partial charge < -0.3 is 19.9 Å². The molecule has 2 aromatic carbocycles. The average molecular weight is 503 g/mol. The zero-order chi connectivity index (χ0) is 25.6. The van der Waals surface area contributed by atoms with E-state index in [2.05, 4.69) is 10.0 Å². The minimum absolute atomic E-state index is 0.0111. The highest BCUT2D eigenvalue weighted by Crippen LogP contribution is 2.18. The molecule has 3 amide bonds. The van der Waals surface area contributed by atoms with Gasteiger partial charge in [0.05, 0.1) is 12.0 Å². The molecule has 1 saturated heterocycles. The van der Waals surface area contributed by atoms with Gasteiger partial charge in [-0.15, -0.1) is 0 Å². The summed E-state index contributed by atoms with van der Waals surface area (Å²) in [6.45, 7) is 6.68. The Kier molecular flexibility index (Phi) is 8.74. The van der Waals surface area contributed by atoms with Crippen molar-refractivity contribution in [1.82, 2.24) is 19.8 Å². The molecular formula is C25H34N4O5S. The van der Waals surface area contributed by atoms with Crippen LogP contribution in [0.3, 0.4) is 0 Å². The zero-order valence-corrected chi connectivity index (χ0v) is 21.4. The molecule has 1 aliphatic heterocycles. The number of nitrogens with one attached hydrogen (secondary N) is 2. The molecule has 0 bridgehead atoms. The van der Waals surface area contributed by atoms with Gasteiger partial charge in [-0.2, -0.15) is 4.72 Å². The van der Waals surface area contributed by atoms with Gasteiger partial charge in [-0.25, -0.2) is 13.2 Å². The Morgan fingerprint density at radius 2 is 1.71 bits per heavy atom. The third-order valence-electron chi connectivity index (χ3n) is 5.86. The van der Waals surface area contributed by atoms with Crippen molar-refractivity contribution in [3.63, 3.8) is 0 Å². The number of sulfonamides is 1. The fraction of sp³-hybridized carbons (Fsp3) is 0.440. The van der Waals surface area contributed by atoms with Gasteiger partial charge in [-0.1, -0.05) is 30.3 Å². The molecule has 0 aromatic heterocycles. The SMILES string of the molecule is COc1ccc(S(=O)(=O)NC(Cc2ccccc2)C(=O)N2CCN(C(=O)NC(C)C)C(C)C2)cc1. The monoisotopic (exact) mass is 502 g/mol. The number of nitrogens with zero attached hydrogens (tertiary/aromatic N) is 2. The fourth-order valence-electron chi connectivity index (χ4n) is 4.05. The molecule has 35 heavy (non-hydrogen) atoms. The maximum absolute atomic E-state index is 13.6. The molecule has 2 N–H and O–H groups in total. The van der Waals surface area contributed by atoms with Crippen LogP contribution in [-0.4, -0.2) is 75.0 Å². The second-order valence-electron chi connectivity index (χ2n) is 8.97. The van der Waals surface area contributed by atoms with Crippen LogP contribution >= 0.6 is 0 Å². The molecule has 0 saturated carbocycles. The molecule has 0 spiro atoms. The topological polar surface area (TPSA) is 108 Å². The van der Waals surface area contributed by atoms with Crippen LogP contribution in [0.25, 0.3) is 0 Å². The van der Waals surface area contributed by atoms with E-state index in [9.17, 15) is 18.0 Å². The number of carbonyl (C=O) groups excluding carboxylic acids is 2. The Morgan fingerprint density at radius 1 is 1.06 bits per heavy atom. The quantitative estimate of drug-likeness (QED) is 0.576. The number of piperazine rings is 1. The molecule has 1 fully saturated rings. The van der Waals surface area contributed by atoms with E-state index >= 15 is 0 Å². The third kappa shape index (κ3) is 6.95. The number of benzene rings is 2. The molecule has 2 aromatic rings. The molecule has 2 atom stereocenters. The predicted molar refractivity (Wildman–Crippen MR) is 134 cm³/mol. The van der Waals surface area contributed by atoms with E-state index in [-0.39, 0.29) is 35.3 Å². The Bertz CT molecular complexity index is 1110. The van der Waals surface area contributed by atoms with Crippen LogP contribution in [0.1, 0.15) is 26.3 Å². The van der Waals surface area contributed by atoms with Crippen molar-refractivity contribution in [2.45, 2.75) is 50.2 Å². The van der Waals surface area contributed by atoms with Crippen molar-refractivity contribution in [3.8, 4) is 5.75 Å². The van der Waals surface area contributed by atoms with Crippen LogP contribution in [0.5, 0.6) is 5.75 Å². The molecule has 10 heteroatoms. The van der Waals surface area contributed by atoms with Gasteiger partial charge in [0, 0.05) is 31.7 Å². The first-order valence-electron chi connectivity index (χ1n) is 11.7. The van der Waals surface area contributed by atoms with Crippen LogP contribution in [0.4, 0.5) is 4.79 Å². The molecule has 0 aliphatic carbocycles. The lowest BCUT2D eigenvalue weighted by Gasteiger charge is -2.41. The van der Waals surface area contributed by atoms with Crippen molar-refractivity contribution < 1.29 is 22.7 Å². The number of rotatable bonds is 8. The first-order chi connectivity index (χ1) is 16.6. The molecule has 2 unspecified atom stereocenters. The predicted octanol–water partition coefficient (Wildman–Crippen LogP) is 2.24. The van der Waals surface area contributed by atoms with Crippen LogP contribution in [0, 0.1) is 0 Å². The number of carbonyl (C=O) groups is 2. The number of hydrogen-bond acceptors (Lipinski definition) is 5. The summed E-state index contributed by atoms with van der Waals surface area (Å²) in [5.74, 6) is 0.218. The zero-order valence-electron chi connectivity index (χ0n) is 20.6. The summed E-state index contributed by atoms with van der Waals surface area (Å²) in [5, 5.41) is 2.88. The summed E-state index contributed by atoms with van der Waals surface area (Å²) in [7, 11) is -2.46. The van der Waals surface area contributed by atoms with Crippen LogP contribution in [0.15, 0.2) is 59.5 Å². The molecule has 0 radical (unpaired) electrons. The molecule has 1 aliphatic rings. The second kappa shape index (κ2) is 11.5. The number of urea groups is 1. The largest absolute Gasteiger partial charge is 0.497 e. The standard InChI is InChI=1S/C25H34N4O5S/c1-18(2)26-25(31)29-15-14-28(17-19(29)3)24(30)23(16-20-8-6-5-7-9-20)27-35(32,33)22-12-10-21(34-4)11-13-22/h5-13,18-19,23,27H,14-17H2,1-4H3,(H,26,31). The summed E-state index contributed by atoms with van der Waals surface area (Å²) in [6, 6.07) is 13.9. The van der Waals surface area contributed by atoms with Crippen molar-refractivity contribution in [2.24, 2.45) is 0 Å². The minimum atomic E-state index is -3.97. The smallest absolute Gasteiger partial charge is 0.317 e. The lowest BCUT2D eigenvalue weighted by molar-refractivity contribution is -0.135. The lowest BCUT2D eigenvalue weighted by Crippen LogP contribution is -2.61. The van der Waals surface area contributed by atoms with E-state index in [1.807, 2.05) is 51.1 Å². The molecule has 9 nitrogen and oxygen atoms in total. The summed E-state index contributed by atoms with van der Waals surface area (Å²) < 4.78 is 34.0. The molecule has 3 rings (SSSR count). The Balaban J connectivity index is 1.79. The molecular weight excluding hydrogens is 468 g/mol. The van der Waals surface area contributed by atoms with E-state index in [0.717, 1.165) is 5.56 Å². The number of methoxy groups -OCH3 is 1. The van der Waals surface area contributed by atoms with Crippen molar-refractivity contribution in [2.75, 3.05) is 26.7 Å². The van der Waals surface area contributed by atoms with E-state index in [0.29, 0.717) is 25.4 Å². The van der Waals surface area contributed by atoms with Crippen molar-refractivity contribution >= 4 is 22.0 Å². The number of amides is 3. The third-order valence-corrected chi connectivity index (χ3v) is 7.35. The highest BCUT2D eigenvalue weighted by Gasteiger charge is 2.35. The van der Waals surface area contributed by atoms with E-state index in [4.69, 9.17) is 4.74 Å². The highest BCUT2D eigenvalue weighted by molar-refractivity contribution is 7.89. The maximum atomic E-state index is 13.6. The fourth-order valence-corrected chi connectivity index (χ4v) is 5.24. The van der Waals surface area contributed by atoms with Gasteiger partial charge in [-0.3, -0.25) is 4.79 Å².